The summed E-state index contributed by atoms with van der Waals surface area (Å²) in [6, 6.07) is 3.83. The maximum Gasteiger partial charge on any atom is 0.416 e. The number of carbonyl (C=O) groups excluding carboxylic acids is 1. The lowest BCUT2D eigenvalue weighted by Crippen LogP contribution is -2.44. The number of hydrogen-bond donors (Lipinski definition) is 1. The largest absolute Gasteiger partial charge is 0.416 e. The van der Waals surface area contributed by atoms with Crippen molar-refractivity contribution in [1.82, 2.24) is 14.9 Å². The van der Waals surface area contributed by atoms with Crippen LogP contribution in [0.15, 0.2) is 18.2 Å². The molecule has 0 spiro atoms. The van der Waals surface area contributed by atoms with Crippen molar-refractivity contribution in [2.24, 2.45) is 0 Å². The Hall–Kier alpha value is -2.64. The molecule has 0 saturated heterocycles. The van der Waals surface area contributed by atoms with Crippen LogP contribution in [0.2, 0.25) is 0 Å². The Labute approximate surface area is 173 Å². The van der Waals surface area contributed by atoms with E-state index < -0.39 is 17.8 Å². The molecule has 5 nitrogen and oxygen atoms in total. The summed E-state index contributed by atoms with van der Waals surface area (Å²) >= 11 is 0. The summed E-state index contributed by atoms with van der Waals surface area (Å²) in [6.45, 7) is 7.56. The fraction of sp³-hybridized carbons (Fsp3) is 0.500. The lowest BCUT2D eigenvalue weighted by Gasteiger charge is -2.35. The first-order chi connectivity index (χ1) is 14.0. The monoisotopic (exact) mass is 418 g/mol. The molecular weight excluding hydrogens is 393 g/mol. The Balaban J connectivity index is 1.67. The summed E-state index contributed by atoms with van der Waals surface area (Å²) in [6.07, 6.45) is -2.22. The Bertz CT molecular complexity index is 1010. The van der Waals surface area contributed by atoms with Crippen LogP contribution in [0.25, 0.3) is 0 Å². The molecule has 0 radical (unpaired) electrons. The van der Waals surface area contributed by atoms with Gasteiger partial charge in [0, 0.05) is 11.1 Å². The topological polar surface area (TPSA) is 58.1 Å². The van der Waals surface area contributed by atoms with E-state index in [2.05, 4.69) is 22.2 Å². The second-order valence-corrected chi connectivity index (χ2v) is 8.58. The highest BCUT2D eigenvalue weighted by molar-refractivity contribution is 5.82. The van der Waals surface area contributed by atoms with E-state index in [4.69, 9.17) is 0 Å². The minimum atomic E-state index is -4.40. The van der Waals surface area contributed by atoms with Crippen molar-refractivity contribution in [2.45, 2.75) is 71.3 Å². The fourth-order valence-corrected chi connectivity index (χ4v) is 4.23. The summed E-state index contributed by atoms with van der Waals surface area (Å²) < 4.78 is 39.9. The molecule has 1 aliphatic carbocycles. The van der Waals surface area contributed by atoms with Crippen molar-refractivity contribution in [1.29, 1.82) is 0 Å². The Kier molecular flexibility index (Phi) is 4.78. The molecule has 1 aliphatic heterocycles. The van der Waals surface area contributed by atoms with Crippen molar-refractivity contribution in [3.05, 3.63) is 52.0 Å². The fourth-order valence-electron chi connectivity index (χ4n) is 4.23. The summed E-state index contributed by atoms with van der Waals surface area (Å²) in [5.41, 5.74) is 1.57. The number of hydrogen-bond acceptors (Lipinski definition) is 4. The lowest BCUT2D eigenvalue weighted by atomic mass is 9.96. The average molecular weight is 418 g/mol. The van der Waals surface area contributed by atoms with Gasteiger partial charge in [-0.15, -0.1) is 0 Å². The predicted octanol–water partition coefficient (Wildman–Crippen LogP) is 4.72. The molecular formula is C22H25F3N4O. The van der Waals surface area contributed by atoms with Crippen LogP contribution in [0, 0.1) is 13.8 Å². The van der Waals surface area contributed by atoms with Crippen LogP contribution in [0.5, 0.6) is 0 Å². The third-order valence-electron chi connectivity index (χ3n) is 6.27. The zero-order chi connectivity index (χ0) is 21.8. The van der Waals surface area contributed by atoms with E-state index in [1.807, 2.05) is 11.8 Å². The first-order valence-electron chi connectivity index (χ1n) is 10.1. The van der Waals surface area contributed by atoms with Gasteiger partial charge in [-0.2, -0.15) is 13.2 Å². The minimum absolute atomic E-state index is 0.0633. The second kappa shape index (κ2) is 6.96. The third-order valence-corrected chi connectivity index (χ3v) is 6.27. The molecule has 1 fully saturated rings. The lowest BCUT2D eigenvalue weighted by molar-refractivity contribution is -0.138. The van der Waals surface area contributed by atoms with Crippen molar-refractivity contribution >= 4 is 11.7 Å². The van der Waals surface area contributed by atoms with Gasteiger partial charge in [0.2, 0.25) is 5.91 Å². The predicted molar refractivity (Wildman–Crippen MR) is 107 cm³/mol. The highest BCUT2D eigenvalue weighted by Crippen LogP contribution is 2.44. The van der Waals surface area contributed by atoms with E-state index in [0.717, 1.165) is 24.5 Å². The van der Waals surface area contributed by atoms with Gasteiger partial charge in [-0.3, -0.25) is 4.79 Å². The molecule has 2 aliphatic rings. The van der Waals surface area contributed by atoms with Crippen molar-refractivity contribution in [2.75, 3.05) is 5.32 Å². The highest BCUT2D eigenvalue weighted by atomic mass is 19.4. The maximum absolute atomic E-state index is 13.3. The van der Waals surface area contributed by atoms with E-state index in [9.17, 15) is 18.0 Å². The van der Waals surface area contributed by atoms with Gasteiger partial charge in [0.15, 0.2) is 0 Å². The smallest absolute Gasteiger partial charge is 0.363 e. The molecule has 8 heteroatoms. The number of carbonyl (C=O) groups is 1. The van der Waals surface area contributed by atoms with Crippen molar-refractivity contribution in [3.8, 4) is 0 Å². The number of rotatable bonds is 4. The zero-order valence-corrected chi connectivity index (χ0v) is 17.5. The number of fused-ring (bicyclic) bond motifs is 1. The third kappa shape index (κ3) is 3.63. The molecule has 0 unspecified atom stereocenters. The number of aromatic nitrogens is 2. The summed E-state index contributed by atoms with van der Waals surface area (Å²) in [5.74, 6) is 1.18. The van der Waals surface area contributed by atoms with E-state index in [1.165, 1.54) is 13.0 Å². The number of nitrogens with one attached hydrogen (secondary N) is 1. The van der Waals surface area contributed by atoms with E-state index in [1.54, 1.807) is 13.0 Å². The standard InChI is InChI=1S/C22H25F3N4O/c1-12-15(6-5-7-17(12)22(23,24)25)13(2)26-20-16-11-29(21(4)8-9-21)19(30)10-18(16)27-14(3)28-20/h5-7,13H,8-11H2,1-4H3,(H,26,27,28)/t13-/m1/s1. The molecule has 1 aromatic heterocycles. The number of halogens is 3. The van der Waals surface area contributed by atoms with Crippen molar-refractivity contribution < 1.29 is 18.0 Å². The zero-order valence-electron chi connectivity index (χ0n) is 17.5. The molecule has 2 heterocycles. The molecule has 160 valence electrons. The van der Waals surface area contributed by atoms with Crippen LogP contribution in [0.3, 0.4) is 0 Å². The van der Waals surface area contributed by atoms with E-state index in [-0.39, 0.29) is 23.4 Å². The Morgan fingerprint density at radius 1 is 1.20 bits per heavy atom. The van der Waals surface area contributed by atoms with E-state index >= 15 is 0 Å². The quantitative estimate of drug-likeness (QED) is 0.781. The van der Waals surface area contributed by atoms with E-state index in [0.29, 0.717) is 29.4 Å². The molecule has 1 atom stereocenters. The maximum atomic E-state index is 13.3. The molecule has 0 bridgehead atoms. The van der Waals surface area contributed by atoms with Gasteiger partial charge in [-0.1, -0.05) is 12.1 Å². The summed E-state index contributed by atoms with van der Waals surface area (Å²) in [4.78, 5) is 23.5. The van der Waals surface area contributed by atoms with Crippen molar-refractivity contribution in [3.63, 3.8) is 0 Å². The summed E-state index contributed by atoms with van der Waals surface area (Å²) in [5, 5.41) is 3.30. The van der Waals surface area contributed by atoms with Crippen LogP contribution in [-0.2, 0) is 23.9 Å². The molecule has 1 N–H and O–H groups in total. The van der Waals surface area contributed by atoms with Gasteiger partial charge < -0.3 is 10.2 Å². The molecule has 1 saturated carbocycles. The minimum Gasteiger partial charge on any atom is -0.363 e. The molecule has 1 aromatic carbocycles. The highest BCUT2D eigenvalue weighted by Gasteiger charge is 2.47. The number of benzene rings is 1. The van der Waals surface area contributed by atoms with Gasteiger partial charge in [0.25, 0.3) is 0 Å². The molecule has 2 aromatic rings. The Morgan fingerprint density at radius 2 is 1.90 bits per heavy atom. The SMILES string of the molecule is Cc1nc2c(c(N[C@H](C)c3cccc(C(F)(F)F)c3C)n1)CN(C1(C)CC1)C(=O)C2. The van der Waals surface area contributed by atoms with Crippen LogP contribution in [0.4, 0.5) is 19.0 Å². The normalized spacial score (nSPS) is 18.8. The first-order valence-corrected chi connectivity index (χ1v) is 10.1. The van der Waals surface area contributed by atoms with Gasteiger partial charge in [0.1, 0.15) is 11.6 Å². The Morgan fingerprint density at radius 3 is 2.53 bits per heavy atom. The van der Waals surface area contributed by atoms with Crippen LogP contribution in [0.1, 0.15) is 66.5 Å². The van der Waals surface area contributed by atoms with Gasteiger partial charge in [-0.25, -0.2) is 9.97 Å². The number of nitrogens with zero attached hydrogens (tertiary/aromatic N) is 3. The van der Waals surface area contributed by atoms with Gasteiger partial charge in [-0.05, 0) is 57.7 Å². The average Bonchev–Trinajstić information content (AvgIpc) is 3.38. The van der Waals surface area contributed by atoms with Gasteiger partial charge in [0.05, 0.1) is 30.3 Å². The second-order valence-electron chi connectivity index (χ2n) is 8.58. The first kappa shape index (κ1) is 20.6. The molecule has 30 heavy (non-hydrogen) atoms. The number of anilines is 1. The molecule has 1 amide bonds. The summed E-state index contributed by atoms with van der Waals surface area (Å²) in [7, 11) is 0. The van der Waals surface area contributed by atoms with Crippen LogP contribution in [-0.4, -0.2) is 26.3 Å². The van der Waals surface area contributed by atoms with Crippen LogP contribution >= 0.6 is 0 Å². The number of alkyl halides is 3. The number of aryl methyl sites for hydroxylation is 1. The number of amides is 1. The van der Waals surface area contributed by atoms with Gasteiger partial charge >= 0.3 is 6.18 Å². The molecule has 4 rings (SSSR count). The van der Waals surface area contributed by atoms with Crippen LogP contribution < -0.4 is 5.32 Å².